The maximum Gasteiger partial charge on any atom is 0.0641 e. The molecule has 1 aromatic rings. The van der Waals surface area contributed by atoms with E-state index < -0.39 is 0 Å². The fourth-order valence-electron chi connectivity index (χ4n) is 2.21. The minimum atomic E-state index is 0. The quantitative estimate of drug-likeness (QED) is 0.928. The lowest BCUT2D eigenvalue weighted by atomic mass is 10.0. The zero-order valence-corrected chi connectivity index (χ0v) is 11.8. The molecule has 0 amide bonds. The predicted octanol–water partition coefficient (Wildman–Crippen LogP) is 2.39. The van der Waals surface area contributed by atoms with Gasteiger partial charge in [0.15, 0.2) is 0 Å². The van der Waals surface area contributed by atoms with Gasteiger partial charge < -0.3 is 5.32 Å². The van der Waals surface area contributed by atoms with Gasteiger partial charge in [-0.15, -0.1) is 24.8 Å². The van der Waals surface area contributed by atoms with Crippen molar-refractivity contribution in [2.75, 3.05) is 26.2 Å². The number of hydrogen-bond acceptors (Lipinski definition) is 3. The molecule has 5 heteroatoms. The second-order valence-electron chi connectivity index (χ2n) is 4.07. The van der Waals surface area contributed by atoms with Gasteiger partial charge in [0.25, 0.3) is 0 Å². The molecule has 0 radical (unpaired) electrons. The van der Waals surface area contributed by atoms with Gasteiger partial charge in [0.05, 0.1) is 12.5 Å². The van der Waals surface area contributed by atoms with Crippen LogP contribution in [0.5, 0.6) is 0 Å². The SMILES string of the molecule is Cl.Cl.N#CC[C@H](c1ccccc1)N1CCNCC1. The maximum atomic E-state index is 8.94. The first-order chi connectivity index (χ1) is 7.92. The molecule has 0 bridgehead atoms. The van der Waals surface area contributed by atoms with Crippen LogP contribution in [0.15, 0.2) is 30.3 Å². The van der Waals surface area contributed by atoms with Gasteiger partial charge >= 0.3 is 0 Å². The van der Waals surface area contributed by atoms with Crippen molar-refractivity contribution in [2.24, 2.45) is 0 Å². The van der Waals surface area contributed by atoms with E-state index in [2.05, 4.69) is 28.4 Å². The third kappa shape index (κ3) is 4.47. The van der Waals surface area contributed by atoms with Gasteiger partial charge in [-0.1, -0.05) is 30.3 Å². The summed E-state index contributed by atoms with van der Waals surface area (Å²) >= 11 is 0. The Hall–Kier alpha value is -0.790. The number of piperazine rings is 1. The Morgan fingerprint density at radius 2 is 1.78 bits per heavy atom. The average molecular weight is 288 g/mol. The lowest BCUT2D eigenvalue weighted by Gasteiger charge is -2.34. The molecule has 1 fully saturated rings. The second kappa shape index (κ2) is 9.18. The molecule has 1 saturated heterocycles. The van der Waals surface area contributed by atoms with Crippen LogP contribution in [-0.2, 0) is 0 Å². The Morgan fingerprint density at radius 3 is 2.33 bits per heavy atom. The second-order valence-corrected chi connectivity index (χ2v) is 4.07. The zero-order valence-electron chi connectivity index (χ0n) is 10.2. The van der Waals surface area contributed by atoms with Gasteiger partial charge in [0, 0.05) is 32.2 Å². The summed E-state index contributed by atoms with van der Waals surface area (Å²) in [7, 11) is 0. The summed E-state index contributed by atoms with van der Waals surface area (Å²) in [5, 5.41) is 12.3. The van der Waals surface area contributed by atoms with Gasteiger partial charge in [-0.05, 0) is 5.56 Å². The number of nitrogens with one attached hydrogen (secondary N) is 1. The summed E-state index contributed by atoms with van der Waals surface area (Å²) in [5.74, 6) is 0. The molecule has 1 atom stereocenters. The molecule has 0 spiro atoms. The van der Waals surface area contributed by atoms with E-state index in [0.717, 1.165) is 26.2 Å². The normalized spacial score (nSPS) is 16.8. The van der Waals surface area contributed by atoms with Crippen LogP contribution in [0.2, 0.25) is 0 Å². The summed E-state index contributed by atoms with van der Waals surface area (Å²) in [5.41, 5.74) is 1.26. The van der Waals surface area contributed by atoms with E-state index >= 15 is 0 Å². The molecule has 0 saturated carbocycles. The molecular formula is C13H19Cl2N3. The average Bonchev–Trinajstić information content (AvgIpc) is 2.38. The number of nitriles is 1. The highest BCUT2D eigenvalue weighted by Crippen LogP contribution is 2.23. The largest absolute Gasteiger partial charge is 0.314 e. The van der Waals surface area contributed by atoms with E-state index in [1.807, 2.05) is 18.2 Å². The highest BCUT2D eigenvalue weighted by molar-refractivity contribution is 5.85. The fraction of sp³-hybridized carbons (Fsp3) is 0.462. The highest BCUT2D eigenvalue weighted by Gasteiger charge is 2.21. The number of rotatable bonds is 3. The van der Waals surface area contributed by atoms with Crippen molar-refractivity contribution < 1.29 is 0 Å². The molecule has 1 aliphatic rings. The van der Waals surface area contributed by atoms with E-state index in [0.29, 0.717) is 6.42 Å². The van der Waals surface area contributed by atoms with Gasteiger partial charge in [-0.3, -0.25) is 4.90 Å². The minimum absolute atomic E-state index is 0. The third-order valence-electron chi connectivity index (χ3n) is 3.06. The first-order valence-corrected chi connectivity index (χ1v) is 5.78. The van der Waals surface area contributed by atoms with Crippen LogP contribution in [0.1, 0.15) is 18.0 Å². The Bertz CT molecular complexity index is 358. The maximum absolute atomic E-state index is 8.94. The first-order valence-electron chi connectivity index (χ1n) is 5.78. The molecule has 1 aliphatic heterocycles. The number of nitrogens with zero attached hydrogens (tertiary/aromatic N) is 2. The Kier molecular flexibility index (Phi) is 8.78. The van der Waals surface area contributed by atoms with Crippen LogP contribution in [0.3, 0.4) is 0 Å². The monoisotopic (exact) mass is 287 g/mol. The summed E-state index contributed by atoms with van der Waals surface area (Å²) in [6.07, 6.45) is 0.573. The summed E-state index contributed by atoms with van der Waals surface area (Å²) in [6, 6.07) is 12.9. The van der Waals surface area contributed by atoms with Crippen molar-refractivity contribution in [3.63, 3.8) is 0 Å². The molecule has 1 N–H and O–H groups in total. The van der Waals surface area contributed by atoms with Crippen LogP contribution in [0.4, 0.5) is 0 Å². The van der Waals surface area contributed by atoms with E-state index in [9.17, 15) is 0 Å². The van der Waals surface area contributed by atoms with E-state index in [1.165, 1.54) is 5.56 Å². The zero-order chi connectivity index (χ0) is 11.2. The van der Waals surface area contributed by atoms with Crippen LogP contribution in [0.25, 0.3) is 0 Å². The molecule has 0 aliphatic carbocycles. The van der Waals surface area contributed by atoms with Crippen molar-refractivity contribution >= 4 is 24.8 Å². The molecule has 0 aromatic heterocycles. The molecule has 100 valence electrons. The van der Waals surface area contributed by atoms with E-state index in [4.69, 9.17) is 5.26 Å². The van der Waals surface area contributed by atoms with Crippen LogP contribution >= 0.6 is 24.8 Å². The standard InChI is InChI=1S/C13H17N3.2ClH/c14-7-6-13(12-4-2-1-3-5-12)16-10-8-15-9-11-16;;/h1-5,13,15H,6,8-11H2;2*1H/t13-;;/m1../s1. The Morgan fingerprint density at radius 1 is 1.17 bits per heavy atom. The molecular weight excluding hydrogens is 269 g/mol. The van der Waals surface area contributed by atoms with Crippen molar-refractivity contribution in [2.45, 2.75) is 12.5 Å². The number of hydrogen-bond donors (Lipinski definition) is 1. The van der Waals surface area contributed by atoms with Crippen LogP contribution in [-0.4, -0.2) is 31.1 Å². The predicted molar refractivity (Wildman–Crippen MR) is 78.4 cm³/mol. The number of halogens is 2. The summed E-state index contributed by atoms with van der Waals surface area (Å²) < 4.78 is 0. The minimum Gasteiger partial charge on any atom is -0.314 e. The van der Waals surface area contributed by atoms with E-state index in [-0.39, 0.29) is 30.9 Å². The summed E-state index contributed by atoms with van der Waals surface area (Å²) in [6.45, 7) is 4.10. The van der Waals surface area contributed by atoms with Crippen molar-refractivity contribution in [3.8, 4) is 6.07 Å². The topological polar surface area (TPSA) is 39.1 Å². The van der Waals surface area contributed by atoms with Crippen molar-refractivity contribution in [1.82, 2.24) is 10.2 Å². The number of benzene rings is 1. The third-order valence-corrected chi connectivity index (χ3v) is 3.06. The molecule has 2 rings (SSSR count). The van der Waals surface area contributed by atoms with Crippen molar-refractivity contribution in [3.05, 3.63) is 35.9 Å². The van der Waals surface area contributed by atoms with Crippen LogP contribution < -0.4 is 5.32 Å². The summed E-state index contributed by atoms with van der Waals surface area (Å²) in [4.78, 5) is 2.40. The van der Waals surface area contributed by atoms with Gasteiger partial charge in [-0.25, -0.2) is 0 Å². The molecule has 18 heavy (non-hydrogen) atoms. The molecule has 1 aromatic carbocycles. The van der Waals surface area contributed by atoms with E-state index in [1.54, 1.807) is 0 Å². The van der Waals surface area contributed by atoms with Crippen molar-refractivity contribution in [1.29, 1.82) is 5.26 Å². The fourth-order valence-corrected chi connectivity index (χ4v) is 2.21. The first kappa shape index (κ1) is 17.2. The van der Waals surface area contributed by atoms with Crippen LogP contribution in [0, 0.1) is 11.3 Å². The lowest BCUT2D eigenvalue weighted by molar-refractivity contribution is 0.175. The van der Waals surface area contributed by atoms with Gasteiger partial charge in [-0.2, -0.15) is 5.26 Å². The Labute approximate surface area is 121 Å². The smallest absolute Gasteiger partial charge is 0.0641 e. The molecule has 1 heterocycles. The van der Waals surface area contributed by atoms with Gasteiger partial charge in [0.2, 0.25) is 0 Å². The lowest BCUT2D eigenvalue weighted by Crippen LogP contribution is -2.45. The Balaban J connectivity index is 0.00000144. The molecule has 0 unspecified atom stereocenters. The highest BCUT2D eigenvalue weighted by atomic mass is 35.5. The van der Waals surface area contributed by atoms with Gasteiger partial charge in [0.1, 0.15) is 0 Å². The molecule has 3 nitrogen and oxygen atoms in total.